The minimum absolute atomic E-state index is 0.783. The first-order valence-electron chi connectivity index (χ1n) is 5.40. The molecule has 1 N–H and O–H groups in total. The average molecular weight is 453 g/mol. The molecule has 0 atom stereocenters. The van der Waals surface area contributed by atoms with Crippen LogP contribution in [-0.2, 0) is 5.60 Å². The first-order chi connectivity index (χ1) is 8.79. The molecular formula is C13H13Br3N2O. The summed E-state index contributed by atoms with van der Waals surface area (Å²) in [4.78, 5) is 7.95. The second-order valence-electron chi connectivity index (χ2n) is 4.23. The van der Waals surface area contributed by atoms with Gasteiger partial charge in [-0.3, -0.25) is 0 Å². The van der Waals surface area contributed by atoms with Crippen LogP contribution in [0.15, 0.2) is 50.3 Å². The molecule has 0 unspecified atom stereocenters. The van der Waals surface area contributed by atoms with Crippen LogP contribution in [0, 0.1) is 0 Å². The normalized spacial score (nSPS) is 10.6. The SMILES string of the molecule is Brc1ccc(Br)nc1.CC(C)(O)c1ccc(Br)nc1. The van der Waals surface area contributed by atoms with Crippen molar-refractivity contribution < 1.29 is 5.11 Å². The molecule has 2 rings (SSSR count). The Bertz CT molecular complexity index is 486. The van der Waals surface area contributed by atoms with E-state index >= 15 is 0 Å². The minimum Gasteiger partial charge on any atom is -0.386 e. The van der Waals surface area contributed by atoms with Crippen LogP contribution in [-0.4, -0.2) is 15.1 Å². The molecule has 0 aliphatic carbocycles. The molecule has 0 saturated carbocycles. The second kappa shape index (κ2) is 7.47. The highest BCUT2D eigenvalue weighted by Crippen LogP contribution is 2.19. The summed E-state index contributed by atoms with van der Waals surface area (Å²) in [5, 5.41) is 9.52. The van der Waals surface area contributed by atoms with Gasteiger partial charge in [-0.05, 0) is 79.8 Å². The van der Waals surface area contributed by atoms with Crippen molar-refractivity contribution in [3.8, 4) is 0 Å². The van der Waals surface area contributed by atoms with Gasteiger partial charge < -0.3 is 5.11 Å². The largest absolute Gasteiger partial charge is 0.386 e. The first-order valence-corrected chi connectivity index (χ1v) is 7.78. The molecule has 0 aliphatic heterocycles. The summed E-state index contributed by atoms with van der Waals surface area (Å²) in [6.07, 6.45) is 3.40. The molecule has 3 nitrogen and oxygen atoms in total. The molecule has 19 heavy (non-hydrogen) atoms. The number of hydrogen-bond acceptors (Lipinski definition) is 3. The Hall–Kier alpha value is -0.300. The molecule has 6 heteroatoms. The molecule has 0 spiro atoms. The zero-order valence-electron chi connectivity index (χ0n) is 10.4. The molecule has 2 aromatic rings. The van der Waals surface area contributed by atoms with Crippen molar-refractivity contribution >= 4 is 47.8 Å². The molecule has 2 heterocycles. The minimum atomic E-state index is -0.798. The van der Waals surface area contributed by atoms with Crippen LogP contribution < -0.4 is 0 Å². The Kier molecular flexibility index (Phi) is 6.59. The molecule has 0 aromatic carbocycles. The van der Waals surface area contributed by atoms with E-state index in [9.17, 15) is 5.11 Å². The van der Waals surface area contributed by atoms with E-state index in [0.717, 1.165) is 19.2 Å². The summed E-state index contributed by atoms with van der Waals surface area (Å²) in [7, 11) is 0. The smallest absolute Gasteiger partial charge is 0.106 e. The Morgan fingerprint density at radius 1 is 0.895 bits per heavy atom. The topological polar surface area (TPSA) is 46.0 Å². The van der Waals surface area contributed by atoms with Gasteiger partial charge in [-0.15, -0.1) is 0 Å². The highest BCUT2D eigenvalue weighted by atomic mass is 79.9. The van der Waals surface area contributed by atoms with Crippen molar-refractivity contribution in [2.75, 3.05) is 0 Å². The Labute approximate surface area is 137 Å². The predicted octanol–water partition coefficient (Wildman–Crippen LogP) is 4.68. The lowest BCUT2D eigenvalue weighted by molar-refractivity contribution is 0.0782. The average Bonchev–Trinajstić information content (AvgIpc) is 2.33. The summed E-state index contributed by atoms with van der Waals surface area (Å²) < 4.78 is 2.65. The number of aliphatic hydroxyl groups is 1. The summed E-state index contributed by atoms with van der Waals surface area (Å²) in [5.74, 6) is 0. The van der Waals surface area contributed by atoms with Gasteiger partial charge >= 0.3 is 0 Å². The van der Waals surface area contributed by atoms with E-state index in [0.29, 0.717) is 0 Å². The van der Waals surface area contributed by atoms with Crippen LogP contribution in [0.3, 0.4) is 0 Å². The van der Waals surface area contributed by atoms with Crippen molar-refractivity contribution in [2.45, 2.75) is 19.4 Å². The number of hydrogen-bond donors (Lipinski definition) is 1. The van der Waals surface area contributed by atoms with Crippen molar-refractivity contribution in [1.29, 1.82) is 0 Å². The van der Waals surface area contributed by atoms with Gasteiger partial charge in [0.25, 0.3) is 0 Å². The fourth-order valence-electron chi connectivity index (χ4n) is 1.10. The molecule has 0 bridgehead atoms. The van der Waals surface area contributed by atoms with E-state index in [1.165, 1.54) is 0 Å². The summed E-state index contributed by atoms with van der Waals surface area (Å²) in [5.41, 5.74) is 0.0222. The van der Waals surface area contributed by atoms with Crippen LogP contribution >= 0.6 is 47.8 Å². The zero-order chi connectivity index (χ0) is 14.5. The molecule has 0 aliphatic rings. The van der Waals surface area contributed by atoms with E-state index < -0.39 is 5.60 Å². The van der Waals surface area contributed by atoms with Crippen molar-refractivity contribution in [3.05, 3.63) is 55.9 Å². The predicted molar refractivity (Wildman–Crippen MR) is 86.8 cm³/mol. The van der Waals surface area contributed by atoms with E-state index in [1.54, 1.807) is 26.2 Å². The number of rotatable bonds is 1. The monoisotopic (exact) mass is 450 g/mol. The summed E-state index contributed by atoms with van der Waals surface area (Å²) >= 11 is 9.69. The standard InChI is InChI=1S/C8H10BrNO.C5H3Br2N/c1-8(2,11)6-3-4-7(9)10-5-6;6-4-1-2-5(7)8-3-4/h3-5,11H,1-2H3;1-3H. The van der Waals surface area contributed by atoms with E-state index in [-0.39, 0.29) is 0 Å². The van der Waals surface area contributed by atoms with Gasteiger partial charge in [-0.25, -0.2) is 9.97 Å². The fourth-order valence-corrected chi connectivity index (χ4v) is 1.80. The van der Waals surface area contributed by atoms with Crippen molar-refractivity contribution in [3.63, 3.8) is 0 Å². The van der Waals surface area contributed by atoms with Crippen LogP contribution in [0.1, 0.15) is 19.4 Å². The maximum Gasteiger partial charge on any atom is 0.106 e. The Balaban J connectivity index is 0.000000200. The van der Waals surface area contributed by atoms with Gasteiger partial charge in [-0.2, -0.15) is 0 Å². The molecular weight excluding hydrogens is 440 g/mol. The van der Waals surface area contributed by atoms with Crippen LogP contribution in [0.2, 0.25) is 0 Å². The van der Waals surface area contributed by atoms with Gasteiger partial charge in [0.05, 0.1) is 5.60 Å². The molecule has 2 aromatic heterocycles. The van der Waals surface area contributed by atoms with Crippen LogP contribution in [0.4, 0.5) is 0 Å². The van der Waals surface area contributed by atoms with E-state index in [1.807, 2.05) is 24.3 Å². The maximum absolute atomic E-state index is 9.52. The van der Waals surface area contributed by atoms with E-state index in [4.69, 9.17) is 0 Å². The Morgan fingerprint density at radius 3 is 1.74 bits per heavy atom. The third-order valence-electron chi connectivity index (χ3n) is 2.13. The quantitative estimate of drug-likeness (QED) is 0.639. The number of aromatic nitrogens is 2. The third kappa shape index (κ3) is 6.61. The second-order valence-corrected chi connectivity index (χ2v) is 6.77. The first kappa shape index (κ1) is 16.8. The summed E-state index contributed by atoms with van der Waals surface area (Å²) in [6.45, 7) is 3.47. The Morgan fingerprint density at radius 2 is 1.42 bits per heavy atom. The van der Waals surface area contributed by atoms with Gasteiger partial charge in [0.15, 0.2) is 0 Å². The van der Waals surface area contributed by atoms with Gasteiger partial charge in [0.2, 0.25) is 0 Å². The highest BCUT2D eigenvalue weighted by Gasteiger charge is 2.15. The third-order valence-corrected chi connectivity index (χ3v) is 3.53. The van der Waals surface area contributed by atoms with Gasteiger partial charge in [0.1, 0.15) is 9.21 Å². The maximum atomic E-state index is 9.52. The molecule has 0 amide bonds. The number of nitrogens with zero attached hydrogens (tertiary/aromatic N) is 2. The molecule has 0 fully saturated rings. The van der Waals surface area contributed by atoms with Gasteiger partial charge in [0, 0.05) is 22.4 Å². The number of halogens is 3. The van der Waals surface area contributed by atoms with Crippen LogP contribution in [0.5, 0.6) is 0 Å². The van der Waals surface area contributed by atoms with Crippen molar-refractivity contribution in [2.24, 2.45) is 0 Å². The molecule has 0 saturated heterocycles. The van der Waals surface area contributed by atoms with Crippen LogP contribution in [0.25, 0.3) is 0 Å². The highest BCUT2D eigenvalue weighted by molar-refractivity contribution is 9.11. The molecule has 102 valence electrons. The summed E-state index contributed by atoms with van der Waals surface area (Å²) in [6, 6.07) is 7.46. The van der Waals surface area contributed by atoms with Crippen molar-refractivity contribution in [1.82, 2.24) is 9.97 Å². The molecule has 0 radical (unpaired) electrons. The lowest BCUT2D eigenvalue weighted by Gasteiger charge is -2.16. The lowest BCUT2D eigenvalue weighted by atomic mass is 10.0. The van der Waals surface area contributed by atoms with E-state index in [2.05, 4.69) is 57.8 Å². The lowest BCUT2D eigenvalue weighted by Crippen LogP contribution is -2.15. The fraction of sp³-hybridized carbons (Fsp3) is 0.231. The van der Waals surface area contributed by atoms with Gasteiger partial charge in [-0.1, -0.05) is 6.07 Å². The zero-order valence-corrected chi connectivity index (χ0v) is 15.2. The number of pyridine rings is 2.